The number of nitrogens with zero attached hydrogens (tertiary/aromatic N) is 2. The fourth-order valence-electron chi connectivity index (χ4n) is 2.60. The van der Waals surface area contributed by atoms with E-state index < -0.39 is 10.0 Å². The maximum Gasteiger partial charge on any atom is 0.245 e. The molecule has 0 unspecified atom stereocenters. The fraction of sp³-hybridized carbons (Fsp3) is 0.350. The largest absolute Gasteiger partial charge is 0.494 e. The van der Waals surface area contributed by atoms with Gasteiger partial charge in [-0.15, -0.1) is 0 Å². The topological polar surface area (TPSA) is 59.0 Å². The molecule has 0 heterocycles. The summed E-state index contributed by atoms with van der Waals surface area (Å²) in [5, 5.41) is 0. The van der Waals surface area contributed by atoms with Gasteiger partial charge in [-0.2, -0.15) is 4.31 Å². The Morgan fingerprint density at radius 1 is 1.04 bits per heavy atom. The van der Waals surface area contributed by atoms with Gasteiger partial charge in [-0.25, -0.2) is 8.42 Å². The summed E-state index contributed by atoms with van der Waals surface area (Å²) < 4.78 is 32.7. The van der Waals surface area contributed by atoms with Crippen molar-refractivity contribution >= 4 is 21.9 Å². The lowest BCUT2D eigenvalue weighted by Crippen LogP contribution is -2.30. The Balaban J connectivity index is 2.38. The number of benzene rings is 2. The molecule has 6 heteroatoms. The Bertz CT molecular complexity index is 855. The molecule has 2 aromatic rings. The predicted octanol–water partition coefficient (Wildman–Crippen LogP) is 4.17. The highest BCUT2D eigenvalue weighted by atomic mass is 32.2. The summed E-state index contributed by atoms with van der Waals surface area (Å²) in [6.45, 7) is 8.94. The lowest BCUT2D eigenvalue weighted by molar-refractivity contribution is 0.340. The molecule has 140 valence electrons. The van der Waals surface area contributed by atoms with Gasteiger partial charge in [0.2, 0.25) is 10.0 Å². The first-order valence-corrected chi connectivity index (χ1v) is 10.2. The monoisotopic (exact) mass is 374 g/mol. The molecule has 26 heavy (non-hydrogen) atoms. The molecule has 0 bridgehead atoms. The Kier molecular flexibility index (Phi) is 6.94. The number of rotatable bonds is 8. The molecule has 5 nitrogen and oxygen atoms in total. The van der Waals surface area contributed by atoms with Gasteiger partial charge < -0.3 is 4.74 Å². The Labute approximate surface area is 156 Å². The molecule has 0 atom stereocenters. The van der Waals surface area contributed by atoms with Crippen LogP contribution < -0.4 is 4.74 Å². The minimum atomic E-state index is -3.57. The van der Waals surface area contributed by atoms with E-state index in [4.69, 9.17) is 4.74 Å². The van der Waals surface area contributed by atoms with E-state index in [1.807, 2.05) is 58.0 Å². The van der Waals surface area contributed by atoms with Crippen LogP contribution in [0.4, 0.5) is 5.69 Å². The second-order valence-electron chi connectivity index (χ2n) is 5.82. The molecule has 0 saturated heterocycles. The summed E-state index contributed by atoms with van der Waals surface area (Å²) in [6.07, 6.45) is 1.67. The van der Waals surface area contributed by atoms with Gasteiger partial charge in [-0.05, 0) is 61.4 Å². The number of sulfonamides is 1. The van der Waals surface area contributed by atoms with Gasteiger partial charge in [0.05, 0.1) is 12.3 Å². The summed E-state index contributed by atoms with van der Waals surface area (Å²) in [7, 11) is -3.57. The van der Waals surface area contributed by atoms with Crippen LogP contribution in [0.5, 0.6) is 5.75 Å². The molecule has 0 aliphatic heterocycles. The lowest BCUT2D eigenvalue weighted by Gasteiger charge is -2.19. The van der Waals surface area contributed by atoms with Gasteiger partial charge in [0.1, 0.15) is 10.6 Å². The Morgan fingerprint density at radius 2 is 1.69 bits per heavy atom. The van der Waals surface area contributed by atoms with E-state index in [0.717, 1.165) is 16.9 Å². The average Bonchev–Trinajstić information content (AvgIpc) is 2.63. The molecule has 0 spiro atoms. The van der Waals surface area contributed by atoms with Gasteiger partial charge in [0.25, 0.3) is 0 Å². The van der Waals surface area contributed by atoms with Gasteiger partial charge in [0, 0.05) is 19.3 Å². The van der Waals surface area contributed by atoms with Crippen LogP contribution in [0.25, 0.3) is 0 Å². The first-order valence-electron chi connectivity index (χ1n) is 8.80. The molecular weight excluding hydrogens is 348 g/mol. The predicted molar refractivity (Wildman–Crippen MR) is 106 cm³/mol. The SMILES string of the molecule is CCOc1ccc(C=Nc2ccc(C)cc2S(=O)(=O)N(CC)CC)cc1. The first-order chi connectivity index (χ1) is 12.4. The number of hydrogen-bond acceptors (Lipinski definition) is 4. The van der Waals surface area contributed by atoms with Crippen molar-refractivity contribution < 1.29 is 13.2 Å². The van der Waals surface area contributed by atoms with E-state index in [2.05, 4.69) is 4.99 Å². The first kappa shape index (κ1) is 20.1. The normalized spacial score (nSPS) is 12.0. The van der Waals surface area contributed by atoms with Crippen molar-refractivity contribution in [1.82, 2.24) is 4.31 Å². The van der Waals surface area contributed by atoms with Crippen molar-refractivity contribution in [2.75, 3.05) is 19.7 Å². The van der Waals surface area contributed by atoms with Crippen molar-refractivity contribution in [2.24, 2.45) is 4.99 Å². The van der Waals surface area contributed by atoms with Crippen molar-refractivity contribution in [3.8, 4) is 5.75 Å². The molecule has 0 radical (unpaired) electrons. The smallest absolute Gasteiger partial charge is 0.245 e. The minimum absolute atomic E-state index is 0.239. The van der Waals surface area contributed by atoms with Crippen LogP contribution in [0.15, 0.2) is 52.4 Å². The number of hydrogen-bond donors (Lipinski definition) is 0. The third-order valence-corrected chi connectivity index (χ3v) is 6.06. The van der Waals surface area contributed by atoms with Crippen LogP contribution in [-0.4, -0.2) is 38.6 Å². The van der Waals surface area contributed by atoms with E-state index in [1.165, 1.54) is 4.31 Å². The molecule has 0 aliphatic rings. The Hall–Kier alpha value is -2.18. The van der Waals surface area contributed by atoms with Gasteiger partial charge in [-0.1, -0.05) is 19.9 Å². The third-order valence-electron chi connectivity index (χ3n) is 3.98. The summed E-state index contributed by atoms with van der Waals surface area (Å²) in [4.78, 5) is 4.68. The minimum Gasteiger partial charge on any atom is -0.494 e. The van der Waals surface area contributed by atoms with E-state index in [0.29, 0.717) is 25.4 Å². The maximum absolute atomic E-state index is 12.9. The molecule has 0 aromatic heterocycles. The van der Waals surface area contributed by atoms with Crippen molar-refractivity contribution in [3.63, 3.8) is 0 Å². The molecule has 0 N–H and O–H groups in total. The molecular formula is C20H26N2O3S. The number of ether oxygens (including phenoxy) is 1. The Morgan fingerprint density at radius 3 is 2.27 bits per heavy atom. The summed E-state index contributed by atoms with van der Waals surface area (Å²) in [5.74, 6) is 0.796. The van der Waals surface area contributed by atoms with Crippen molar-refractivity contribution in [1.29, 1.82) is 0 Å². The summed E-state index contributed by atoms with van der Waals surface area (Å²) in [6, 6.07) is 12.8. The highest BCUT2D eigenvalue weighted by Gasteiger charge is 2.24. The summed E-state index contributed by atoms with van der Waals surface area (Å²) >= 11 is 0. The highest BCUT2D eigenvalue weighted by molar-refractivity contribution is 7.89. The molecule has 0 fully saturated rings. The van der Waals surface area contributed by atoms with E-state index in [1.54, 1.807) is 18.3 Å². The molecule has 0 amide bonds. The van der Waals surface area contributed by atoms with Crippen LogP contribution >= 0.6 is 0 Å². The quantitative estimate of drug-likeness (QED) is 0.652. The van der Waals surface area contributed by atoms with Crippen LogP contribution in [0.1, 0.15) is 31.9 Å². The summed E-state index contributed by atoms with van der Waals surface area (Å²) in [5.41, 5.74) is 2.20. The van der Waals surface area contributed by atoms with Gasteiger partial charge in [0.15, 0.2) is 0 Å². The second kappa shape index (κ2) is 8.96. The zero-order valence-corrected chi connectivity index (χ0v) is 16.6. The third kappa shape index (κ3) is 4.71. The van der Waals surface area contributed by atoms with Crippen molar-refractivity contribution in [3.05, 3.63) is 53.6 Å². The van der Waals surface area contributed by atoms with Gasteiger partial charge in [-0.3, -0.25) is 4.99 Å². The fourth-order valence-corrected chi connectivity index (χ4v) is 4.28. The van der Waals surface area contributed by atoms with Crippen LogP contribution in [0.3, 0.4) is 0 Å². The number of aliphatic imine (C=N–C) groups is 1. The molecule has 0 saturated carbocycles. The zero-order valence-electron chi connectivity index (χ0n) is 15.8. The lowest BCUT2D eigenvalue weighted by atomic mass is 10.2. The number of aryl methyl sites for hydroxylation is 1. The molecule has 2 aromatic carbocycles. The van der Waals surface area contributed by atoms with Crippen LogP contribution in [0.2, 0.25) is 0 Å². The van der Waals surface area contributed by atoms with E-state index >= 15 is 0 Å². The highest BCUT2D eigenvalue weighted by Crippen LogP contribution is 2.28. The van der Waals surface area contributed by atoms with Crippen LogP contribution in [-0.2, 0) is 10.0 Å². The van der Waals surface area contributed by atoms with Gasteiger partial charge >= 0.3 is 0 Å². The molecule has 0 aliphatic carbocycles. The van der Waals surface area contributed by atoms with E-state index in [9.17, 15) is 8.42 Å². The average molecular weight is 375 g/mol. The standard InChI is InChI=1S/C20H26N2O3S/c1-5-22(6-2)26(23,24)20-14-16(4)8-13-19(20)21-15-17-9-11-18(12-10-17)25-7-3/h8-15H,5-7H2,1-4H3. The maximum atomic E-state index is 12.9. The second-order valence-corrected chi connectivity index (χ2v) is 7.73. The van der Waals surface area contributed by atoms with E-state index in [-0.39, 0.29) is 4.90 Å². The molecule has 2 rings (SSSR count). The van der Waals surface area contributed by atoms with Crippen molar-refractivity contribution in [2.45, 2.75) is 32.6 Å². The zero-order chi connectivity index (χ0) is 19.2. The van der Waals surface area contributed by atoms with Crippen LogP contribution in [0, 0.1) is 6.92 Å².